The Morgan fingerprint density at radius 1 is 1.04 bits per heavy atom. The highest BCUT2D eigenvalue weighted by atomic mass is 16.5. The summed E-state index contributed by atoms with van der Waals surface area (Å²) in [5.74, 6) is 0.376. The van der Waals surface area contributed by atoms with Gasteiger partial charge >= 0.3 is 0 Å². The van der Waals surface area contributed by atoms with Crippen molar-refractivity contribution in [2.24, 2.45) is 0 Å². The van der Waals surface area contributed by atoms with Crippen molar-refractivity contribution in [3.63, 3.8) is 0 Å². The molecule has 24 heavy (non-hydrogen) atoms. The number of nitrogens with one attached hydrogen (secondary N) is 1. The van der Waals surface area contributed by atoms with E-state index in [0.717, 1.165) is 11.3 Å². The lowest BCUT2D eigenvalue weighted by Gasteiger charge is -2.05. The molecule has 2 N–H and O–H groups in total. The maximum absolute atomic E-state index is 12.1. The van der Waals surface area contributed by atoms with Crippen molar-refractivity contribution >= 4 is 17.8 Å². The van der Waals surface area contributed by atoms with Crippen molar-refractivity contribution in [2.45, 2.75) is 0 Å². The summed E-state index contributed by atoms with van der Waals surface area (Å²) in [6.07, 6.45) is 3.20. The van der Waals surface area contributed by atoms with Crippen molar-refractivity contribution in [1.82, 2.24) is 5.48 Å². The molecule has 0 atom stereocenters. The fourth-order valence-corrected chi connectivity index (χ4v) is 1.88. The van der Waals surface area contributed by atoms with Crippen molar-refractivity contribution < 1.29 is 24.3 Å². The van der Waals surface area contributed by atoms with Gasteiger partial charge in [0.15, 0.2) is 12.4 Å². The van der Waals surface area contributed by atoms with Gasteiger partial charge in [0.1, 0.15) is 11.5 Å². The number of amides is 1. The van der Waals surface area contributed by atoms with Crippen LogP contribution in [-0.4, -0.2) is 30.6 Å². The van der Waals surface area contributed by atoms with Gasteiger partial charge in [-0.05, 0) is 48.0 Å². The Morgan fingerprint density at radius 3 is 2.25 bits per heavy atom. The van der Waals surface area contributed by atoms with Crippen LogP contribution in [0.15, 0.2) is 54.6 Å². The lowest BCUT2D eigenvalue weighted by atomic mass is 10.1. The molecule has 0 heterocycles. The van der Waals surface area contributed by atoms with E-state index in [4.69, 9.17) is 14.7 Å². The first-order valence-corrected chi connectivity index (χ1v) is 7.14. The molecule has 0 aromatic heterocycles. The number of methoxy groups -OCH3 is 1. The number of hydrogen-bond donors (Lipinski definition) is 2. The van der Waals surface area contributed by atoms with Gasteiger partial charge in [0.25, 0.3) is 5.91 Å². The third kappa shape index (κ3) is 4.96. The van der Waals surface area contributed by atoms with E-state index >= 15 is 0 Å². The summed E-state index contributed by atoms with van der Waals surface area (Å²) in [5, 5.41) is 8.37. The average Bonchev–Trinajstić information content (AvgIpc) is 2.64. The van der Waals surface area contributed by atoms with Crippen LogP contribution in [0.4, 0.5) is 0 Å². The second-order valence-electron chi connectivity index (χ2n) is 4.82. The Kier molecular flexibility index (Phi) is 6.10. The lowest BCUT2D eigenvalue weighted by molar-refractivity contribution is -0.131. The molecular formula is C18H17NO5. The summed E-state index contributed by atoms with van der Waals surface area (Å²) in [7, 11) is 1.60. The predicted octanol–water partition coefficient (Wildman–Crippen LogP) is 2.48. The van der Waals surface area contributed by atoms with E-state index < -0.39 is 5.91 Å². The maximum atomic E-state index is 12.1. The number of ether oxygens (including phenoxy) is 2. The molecule has 0 unspecified atom stereocenters. The molecule has 0 aliphatic carbocycles. The first kappa shape index (κ1) is 17.2. The van der Waals surface area contributed by atoms with Crippen LogP contribution in [0.5, 0.6) is 11.5 Å². The molecule has 0 saturated heterocycles. The van der Waals surface area contributed by atoms with Crippen LogP contribution in [0.3, 0.4) is 0 Å². The predicted molar refractivity (Wildman–Crippen MR) is 88.2 cm³/mol. The number of carbonyl (C=O) groups excluding carboxylic acids is 2. The molecule has 2 aromatic rings. The summed E-state index contributed by atoms with van der Waals surface area (Å²) >= 11 is 0. The van der Waals surface area contributed by atoms with E-state index in [1.165, 1.54) is 11.6 Å². The Morgan fingerprint density at radius 2 is 1.67 bits per heavy atom. The monoisotopic (exact) mass is 327 g/mol. The average molecular weight is 327 g/mol. The van der Waals surface area contributed by atoms with Crippen LogP contribution in [0.25, 0.3) is 6.08 Å². The molecule has 2 aromatic carbocycles. The second kappa shape index (κ2) is 8.50. The SMILES string of the molecule is COc1ccc(/C=C/C(=O)c2ccc(OCC(=O)NO)cc2)cc1. The molecular weight excluding hydrogens is 310 g/mol. The van der Waals surface area contributed by atoms with E-state index in [1.807, 2.05) is 24.3 Å². The summed E-state index contributed by atoms with van der Waals surface area (Å²) in [4.78, 5) is 23.0. The summed E-state index contributed by atoms with van der Waals surface area (Å²) in [5.41, 5.74) is 2.86. The zero-order valence-corrected chi connectivity index (χ0v) is 13.1. The third-order valence-corrected chi connectivity index (χ3v) is 3.18. The zero-order valence-electron chi connectivity index (χ0n) is 13.1. The normalized spacial score (nSPS) is 10.4. The Labute approximate surface area is 139 Å². The minimum absolute atomic E-state index is 0.148. The molecule has 0 saturated carbocycles. The van der Waals surface area contributed by atoms with Crippen LogP contribution >= 0.6 is 0 Å². The van der Waals surface area contributed by atoms with Crippen molar-refractivity contribution in [2.75, 3.05) is 13.7 Å². The van der Waals surface area contributed by atoms with Gasteiger partial charge in [0, 0.05) is 5.56 Å². The maximum Gasteiger partial charge on any atom is 0.281 e. The molecule has 124 valence electrons. The van der Waals surface area contributed by atoms with Crippen LogP contribution in [0.1, 0.15) is 15.9 Å². The highest BCUT2D eigenvalue weighted by Crippen LogP contribution is 2.15. The van der Waals surface area contributed by atoms with Crippen LogP contribution in [0, 0.1) is 0 Å². The first-order chi connectivity index (χ1) is 11.6. The number of ketones is 1. The highest BCUT2D eigenvalue weighted by Gasteiger charge is 2.04. The lowest BCUT2D eigenvalue weighted by Crippen LogP contribution is -2.25. The van der Waals surface area contributed by atoms with Crippen molar-refractivity contribution in [1.29, 1.82) is 0 Å². The highest BCUT2D eigenvalue weighted by molar-refractivity contribution is 6.06. The molecule has 0 radical (unpaired) electrons. The minimum Gasteiger partial charge on any atom is -0.497 e. The second-order valence-corrected chi connectivity index (χ2v) is 4.82. The van der Waals surface area contributed by atoms with Crippen molar-refractivity contribution in [3.05, 3.63) is 65.7 Å². The number of allylic oxidation sites excluding steroid dienone is 1. The minimum atomic E-state index is -0.655. The zero-order chi connectivity index (χ0) is 17.4. The van der Waals surface area contributed by atoms with E-state index in [1.54, 1.807) is 37.5 Å². The molecule has 0 fully saturated rings. The van der Waals surface area contributed by atoms with Gasteiger partial charge in [-0.15, -0.1) is 0 Å². The molecule has 0 aliphatic heterocycles. The summed E-state index contributed by atoms with van der Waals surface area (Å²) in [6, 6.07) is 13.7. The van der Waals surface area contributed by atoms with E-state index in [0.29, 0.717) is 11.3 Å². The smallest absolute Gasteiger partial charge is 0.281 e. The van der Waals surface area contributed by atoms with E-state index in [-0.39, 0.29) is 12.4 Å². The summed E-state index contributed by atoms with van der Waals surface area (Å²) in [6.45, 7) is -0.304. The number of rotatable bonds is 7. The molecule has 0 bridgehead atoms. The van der Waals surface area contributed by atoms with Gasteiger partial charge in [-0.3, -0.25) is 14.8 Å². The Balaban J connectivity index is 1.96. The molecule has 0 aliphatic rings. The molecule has 6 nitrogen and oxygen atoms in total. The fraction of sp³-hybridized carbons (Fsp3) is 0.111. The van der Waals surface area contributed by atoms with Crippen LogP contribution < -0.4 is 15.0 Å². The number of carbonyl (C=O) groups is 2. The molecule has 0 spiro atoms. The number of hydrogen-bond acceptors (Lipinski definition) is 5. The first-order valence-electron chi connectivity index (χ1n) is 7.14. The largest absolute Gasteiger partial charge is 0.497 e. The Hall–Kier alpha value is -3.12. The Bertz CT molecular complexity index is 720. The molecule has 1 amide bonds. The number of hydroxylamine groups is 1. The van der Waals surface area contributed by atoms with Gasteiger partial charge < -0.3 is 9.47 Å². The van der Waals surface area contributed by atoms with Gasteiger partial charge in [0.05, 0.1) is 7.11 Å². The van der Waals surface area contributed by atoms with Gasteiger partial charge in [-0.2, -0.15) is 0 Å². The van der Waals surface area contributed by atoms with Gasteiger partial charge in [-0.1, -0.05) is 18.2 Å². The standard InChI is InChI=1S/C18H17NO5/c1-23-15-7-2-13(3-8-15)4-11-17(20)14-5-9-16(10-6-14)24-12-18(21)19-22/h2-11,22H,12H2,1H3,(H,19,21)/b11-4+. The molecule has 2 rings (SSSR count). The van der Waals surface area contributed by atoms with E-state index in [2.05, 4.69) is 0 Å². The van der Waals surface area contributed by atoms with Crippen molar-refractivity contribution in [3.8, 4) is 11.5 Å². The molecule has 6 heteroatoms. The third-order valence-electron chi connectivity index (χ3n) is 3.18. The van der Waals surface area contributed by atoms with E-state index in [9.17, 15) is 9.59 Å². The van der Waals surface area contributed by atoms with Gasteiger partial charge in [-0.25, -0.2) is 5.48 Å². The topological polar surface area (TPSA) is 84.9 Å². The van der Waals surface area contributed by atoms with Crippen LogP contribution in [-0.2, 0) is 4.79 Å². The fourth-order valence-electron chi connectivity index (χ4n) is 1.88. The summed E-state index contributed by atoms with van der Waals surface area (Å²) < 4.78 is 10.2. The number of benzene rings is 2. The quantitative estimate of drug-likeness (QED) is 0.353. The van der Waals surface area contributed by atoms with Crippen LogP contribution in [0.2, 0.25) is 0 Å². The van der Waals surface area contributed by atoms with Gasteiger partial charge in [0.2, 0.25) is 0 Å².